The Kier molecular flexibility index (Phi) is 8.36. The summed E-state index contributed by atoms with van der Waals surface area (Å²) in [6.45, 7) is -2.73. The van der Waals surface area contributed by atoms with E-state index in [2.05, 4.69) is 4.74 Å². The molecule has 3 aromatic carbocycles. The number of hydrogen-bond acceptors (Lipinski definition) is 6. The molecule has 1 N–H and O–H groups in total. The van der Waals surface area contributed by atoms with Crippen LogP contribution >= 0.6 is 11.6 Å². The first kappa shape index (κ1) is 30.7. The Morgan fingerprint density at radius 3 is 2.47 bits per heavy atom. The summed E-state index contributed by atoms with van der Waals surface area (Å²) >= 11 is 6.27. The van der Waals surface area contributed by atoms with Gasteiger partial charge >= 0.3 is 18.8 Å². The maximum atomic E-state index is 13.8. The van der Waals surface area contributed by atoms with Crippen molar-refractivity contribution in [2.45, 2.75) is 42.5 Å². The fourth-order valence-corrected chi connectivity index (χ4v) is 6.90. The molecule has 0 unspecified atom stereocenters. The van der Waals surface area contributed by atoms with Crippen LogP contribution in [0.15, 0.2) is 65.6 Å². The van der Waals surface area contributed by atoms with Gasteiger partial charge in [-0.1, -0.05) is 29.8 Å². The van der Waals surface area contributed by atoms with E-state index in [1.807, 2.05) is 0 Å². The maximum Gasteiger partial charge on any atom is 0.416 e. The van der Waals surface area contributed by atoms with E-state index in [1.54, 1.807) is 17.0 Å². The van der Waals surface area contributed by atoms with Gasteiger partial charge < -0.3 is 19.5 Å². The number of anilines is 2. The lowest BCUT2D eigenvalue weighted by molar-refractivity contribution is -0.138. The molecule has 1 fully saturated rings. The first-order valence-electron chi connectivity index (χ1n) is 12.9. The summed E-state index contributed by atoms with van der Waals surface area (Å²) in [5, 5.41) is 9.32. The van der Waals surface area contributed by atoms with Crippen molar-refractivity contribution in [3.63, 3.8) is 0 Å². The van der Waals surface area contributed by atoms with Crippen molar-refractivity contribution in [3.8, 4) is 11.5 Å². The second-order valence-corrected chi connectivity index (χ2v) is 12.3. The Hall–Kier alpha value is -3.78. The highest BCUT2D eigenvalue weighted by molar-refractivity contribution is 7.92. The molecule has 0 bridgehead atoms. The molecule has 0 aliphatic carbocycles. The molecule has 43 heavy (non-hydrogen) atoms. The molecule has 0 aromatic heterocycles. The topological polar surface area (TPSA) is 96.4 Å². The summed E-state index contributed by atoms with van der Waals surface area (Å²) in [7, 11) is -4.55. The molecule has 0 spiro atoms. The average molecular weight is 647 g/mol. The van der Waals surface area contributed by atoms with Crippen molar-refractivity contribution in [3.05, 3.63) is 76.8 Å². The van der Waals surface area contributed by atoms with Gasteiger partial charge in [-0.15, -0.1) is 0 Å². The van der Waals surface area contributed by atoms with Crippen molar-refractivity contribution < 1.29 is 49.7 Å². The summed E-state index contributed by atoms with van der Waals surface area (Å²) in [4.78, 5) is 12.3. The second-order valence-electron chi connectivity index (χ2n) is 10.0. The Labute approximate surface area is 248 Å². The Morgan fingerprint density at radius 2 is 1.79 bits per heavy atom. The molecular formula is C28H24ClF5N2O6S. The monoisotopic (exact) mass is 646 g/mol. The number of sulfonamides is 1. The van der Waals surface area contributed by atoms with Gasteiger partial charge in [0.2, 0.25) is 0 Å². The van der Waals surface area contributed by atoms with Crippen molar-refractivity contribution in [1.29, 1.82) is 0 Å². The minimum atomic E-state index is -4.77. The van der Waals surface area contributed by atoms with Crippen LogP contribution in [0.5, 0.6) is 11.5 Å². The molecule has 0 saturated carbocycles. The minimum Gasteiger partial charge on any atom is -0.486 e. The zero-order chi connectivity index (χ0) is 31.1. The second kappa shape index (κ2) is 11.7. The maximum absolute atomic E-state index is 13.8. The summed E-state index contributed by atoms with van der Waals surface area (Å²) in [5.41, 5.74) is -0.103. The molecular weight excluding hydrogens is 623 g/mol. The molecule has 0 radical (unpaired) electrons. The average Bonchev–Trinajstić information content (AvgIpc) is 2.91. The number of ether oxygens (including phenoxy) is 2. The van der Waals surface area contributed by atoms with Crippen LogP contribution in [0.4, 0.5) is 33.3 Å². The third kappa shape index (κ3) is 6.44. The molecule has 2 heterocycles. The quantitative estimate of drug-likeness (QED) is 0.269. The molecule has 0 amide bonds. The molecule has 5 rings (SSSR count). The largest absolute Gasteiger partial charge is 0.486 e. The van der Waals surface area contributed by atoms with Crippen LogP contribution in [0.2, 0.25) is 5.02 Å². The summed E-state index contributed by atoms with van der Waals surface area (Å²) in [6, 6.07) is 12.5. The van der Waals surface area contributed by atoms with Crippen LogP contribution < -0.4 is 18.7 Å². The molecule has 2 aliphatic heterocycles. The van der Waals surface area contributed by atoms with E-state index in [9.17, 15) is 35.2 Å². The van der Waals surface area contributed by atoms with Gasteiger partial charge in [-0.2, -0.15) is 22.0 Å². The number of carboxylic acids is 1. The van der Waals surface area contributed by atoms with E-state index in [4.69, 9.17) is 21.4 Å². The van der Waals surface area contributed by atoms with E-state index in [1.165, 1.54) is 24.3 Å². The first-order chi connectivity index (χ1) is 20.2. The zero-order valence-electron chi connectivity index (χ0n) is 22.1. The number of rotatable bonds is 9. The highest BCUT2D eigenvalue weighted by Gasteiger charge is 2.39. The predicted molar refractivity (Wildman–Crippen MR) is 147 cm³/mol. The molecule has 1 atom stereocenters. The number of aliphatic carboxylic acids is 1. The van der Waals surface area contributed by atoms with E-state index < -0.39 is 45.3 Å². The van der Waals surface area contributed by atoms with Gasteiger partial charge in [-0.25, -0.2) is 8.42 Å². The Morgan fingerprint density at radius 1 is 1.07 bits per heavy atom. The molecule has 1 saturated heterocycles. The number of halogens is 6. The van der Waals surface area contributed by atoms with Crippen LogP contribution in [-0.2, 0) is 21.0 Å². The third-order valence-electron chi connectivity index (χ3n) is 7.18. The number of fused-ring (bicyclic) bond motifs is 1. The number of benzene rings is 3. The van der Waals surface area contributed by atoms with Crippen molar-refractivity contribution in [1.82, 2.24) is 0 Å². The van der Waals surface area contributed by atoms with Crippen molar-refractivity contribution in [2.24, 2.45) is 0 Å². The highest BCUT2D eigenvalue weighted by atomic mass is 35.5. The van der Waals surface area contributed by atoms with Gasteiger partial charge in [0.15, 0.2) is 5.75 Å². The summed E-state index contributed by atoms with van der Waals surface area (Å²) < 4.78 is 105. The number of carboxylic acid groups (broad SMARTS) is 1. The van der Waals surface area contributed by atoms with Crippen LogP contribution in [-0.4, -0.2) is 51.8 Å². The van der Waals surface area contributed by atoms with Crippen LogP contribution in [0.3, 0.4) is 0 Å². The van der Waals surface area contributed by atoms with Crippen LogP contribution in [0.1, 0.15) is 29.9 Å². The summed E-state index contributed by atoms with van der Waals surface area (Å²) in [6.07, 6.45) is -6.00. The number of alkyl halides is 5. The summed E-state index contributed by atoms with van der Waals surface area (Å²) in [5.74, 6) is -1.28. The van der Waals surface area contributed by atoms with Gasteiger partial charge in [-0.3, -0.25) is 9.10 Å². The van der Waals surface area contributed by atoms with E-state index >= 15 is 0 Å². The van der Waals surface area contributed by atoms with E-state index in [0.29, 0.717) is 24.7 Å². The van der Waals surface area contributed by atoms with Crippen LogP contribution in [0, 0.1) is 0 Å². The lowest BCUT2D eigenvalue weighted by Crippen LogP contribution is -2.46. The lowest BCUT2D eigenvalue weighted by Gasteiger charge is -2.43. The third-order valence-corrected chi connectivity index (χ3v) is 9.26. The standard InChI is InChI=1S/C28H24ClF5N2O6S/c29-21-5-2-6-24(42-27(30)31)26(21)35-13-17(14-35)16-7-9-23-22(11-16)36(15-19(41-23)8-10-25(37)38)43(39,40)20-4-1-3-18(12-20)28(32,33)34/h1-7,9,11-12,17,19,27H,8,10,13-15H2,(H,37,38)/t19-/m0/s1. The minimum absolute atomic E-state index is 0.0381. The Bertz CT molecular complexity index is 1630. The van der Waals surface area contributed by atoms with Gasteiger partial charge in [0.25, 0.3) is 10.0 Å². The predicted octanol–water partition coefficient (Wildman–Crippen LogP) is 6.39. The smallest absolute Gasteiger partial charge is 0.416 e. The lowest BCUT2D eigenvalue weighted by atomic mass is 9.90. The zero-order valence-corrected chi connectivity index (χ0v) is 23.7. The van der Waals surface area contributed by atoms with Crippen LogP contribution in [0.25, 0.3) is 0 Å². The number of hydrogen-bond donors (Lipinski definition) is 1. The SMILES string of the molecule is O=C(O)CC[C@H]1CN(S(=O)(=O)c2cccc(C(F)(F)F)c2)c2cc(C3CN(c4c(Cl)cccc4OC(F)F)C3)ccc2O1. The Balaban J connectivity index is 1.46. The van der Waals surface area contributed by atoms with Crippen molar-refractivity contribution in [2.75, 3.05) is 28.8 Å². The van der Waals surface area contributed by atoms with Gasteiger partial charge in [0.1, 0.15) is 11.9 Å². The number of carbonyl (C=O) groups is 1. The first-order valence-corrected chi connectivity index (χ1v) is 14.8. The molecule has 3 aromatic rings. The molecule has 8 nitrogen and oxygen atoms in total. The molecule has 15 heteroatoms. The van der Waals surface area contributed by atoms with E-state index in [0.717, 1.165) is 22.5 Å². The molecule has 2 aliphatic rings. The normalized spacial score (nSPS) is 17.3. The fraction of sp³-hybridized carbons (Fsp3) is 0.321. The fourth-order valence-electron chi connectivity index (χ4n) is 5.07. The van der Waals surface area contributed by atoms with Gasteiger partial charge in [0, 0.05) is 25.4 Å². The number of para-hydroxylation sites is 1. The van der Waals surface area contributed by atoms with E-state index in [-0.39, 0.29) is 53.2 Å². The molecule has 230 valence electrons. The van der Waals surface area contributed by atoms with Gasteiger partial charge in [0.05, 0.1) is 33.4 Å². The van der Waals surface area contributed by atoms with Gasteiger partial charge in [-0.05, 0) is 54.4 Å². The number of nitrogens with zero attached hydrogens (tertiary/aromatic N) is 2. The highest BCUT2D eigenvalue weighted by Crippen LogP contribution is 2.45. The van der Waals surface area contributed by atoms with Crippen molar-refractivity contribution >= 4 is 39.0 Å².